The number of fused-ring (bicyclic) bond motifs is 1. The van der Waals surface area contributed by atoms with Crippen molar-refractivity contribution in [3.8, 4) is 0 Å². The summed E-state index contributed by atoms with van der Waals surface area (Å²) in [7, 11) is 0. The Morgan fingerprint density at radius 3 is 2.61 bits per heavy atom. The highest BCUT2D eigenvalue weighted by Gasteiger charge is 2.16. The van der Waals surface area contributed by atoms with Crippen molar-refractivity contribution >= 4 is 38.9 Å². The van der Waals surface area contributed by atoms with E-state index in [0.717, 1.165) is 33.1 Å². The first-order chi connectivity index (χ1) is 8.67. The summed E-state index contributed by atoms with van der Waals surface area (Å²) in [6.45, 7) is 5.48. The number of amides is 1. The molecule has 96 valence electrons. The molecule has 1 amide bonds. The number of likely N-dealkylation sites (N-methyl/N-ethyl adjacent to an activating group) is 1. The highest BCUT2D eigenvalue weighted by Crippen LogP contribution is 2.35. The number of halogens is 1. The molecule has 0 fully saturated rings. The van der Waals surface area contributed by atoms with Gasteiger partial charge in [-0.1, -0.05) is 29.8 Å². The summed E-state index contributed by atoms with van der Waals surface area (Å²) in [6, 6.07) is 8.04. The third-order valence-electron chi connectivity index (χ3n) is 3.09. The fourth-order valence-electron chi connectivity index (χ4n) is 2.07. The van der Waals surface area contributed by atoms with E-state index in [1.54, 1.807) is 11.3 Å². The molecular weight excluding hydrogens is 266 g/mol. The van der Waals surface area contributed by atoms with Crippen LogP contribution in [-0.4, -0.2) is 23.9 Å². The van der Waals surface area contributed by atoms with Crippen molar-refractivity contribution in [1.29, 1.82) is 0 Å². The Morgan fingerprint density at radius 2 is 1.94 bits per heavy atom. The molecule has 0 saturated heterocycles. The van der Waals surface area contributed by atoms with Crippen LogP contribution in [0, 0.1) is 0 Å². The van der Waals surface area contributed by atoms with Gasteiger partial charge in [0.2, 0.25) is 5.91 Å². The van der Waals surface area contributed by atoms with Crippen molar-refractivity contribution in [3.63, 3.8) is 0 Å². The summed E-state index contributed by atoms with van der Waals surface area (Å²) in [5.41, 5.74) is 0.967. The van der Waals surface area contributed by atoms with E-state index in [2.05, 4.69) is 0 Å². The number of benzene rings is 1. The maximum absolute atomic E-state index is 12.1. The van der Waals surface area contributed by atoms with Gasteiger partial charge in [0, 0.05) is 17.8 Å². The second-order valence-electron chi connectivity index (χ2n) is 4.09. The molecular formula is C14H16ClNOS. The van der Waals surface area contributed by atoms with E-state index in [-0.39, 0.29) is 5.91 Å². The van der Waals surface area contributed by atoms with Crippen LogP contribution in [0.4, 0.5) is 0 Å². The fourth-order valence-corrected chi connectivity index (χ4v) is 3.44. The van der Waals surface area contributed by atoms with Crippen molar-refractivity contribution in [2.75, 3.05) is 13.1 Å². The van der Waals surface area contributed by atoms with Crippen LogP contribution in [-0.2, 0) is 11.2 Å². The first-order valence-corrected chi connectivity index (χ1v) is 7.30. The van der Waals surface area contributed by atoms with Gasteiger partial charge in [0.05, 0.1) is 10.8 Å². The predicted octanol–water partition coefficient (Wildman–Crippen LogP) is 3.97. The van der Waals surface area contributed by atoms with Gasteiger partial charge >= 0.3 is 0 Å². The Labute approximate surface area is 116 Å². The Morgan fingerprint density at radius 1 is 1.28 bits per heavy atom. The van der Waals surface area contributed by atoms with E-state index in [1.807, 2.05) is 43.0 Å². The summed E-state index contributed by atoms with van der Waals surface area (Å²) < 4.78 is 1.88. The van der Waals surface area contributed by atoms with Crippen LogP contribution < -0.4 is 0 Å². The minimum Gasteiger partial charge on any atom is -0.343 e. The van der Waals surface area contributed by atoms with Crippen LogP contribution in [0.2, 0.25) is 4.34 Å². The normalized spacial score (nSPS) is 10.8. The Kier molecular flexibility index (Phi) is 4.25. The number of rotatable bonds is 4. The maximum atomic E-state index is 12.1. The van der Waals surface area contributed by atoms with E-state index in [0.29, 0.717) is 6.42 Å². The molecule has 2 rings (SSSR count). The van der Waals surface area contributed by atoms with Crippen LogP contribution in [0.1, 0.15) is 19.4 Å². The second-order valence-corrected chi connectivity index (χ2v) is 5.75. The third-order valence-corrected chi connectivity index (χ3v) is 4.55. The molecule has 0 unspecified atom stereocenters. The summed E-state index contributed by atoms with van der Waals surface area (Å²) in [5, 5.41) is 1.10. The number of thiophene rings is 1. The van der Waals surface area contributed by atoms with Gasteiger partial charge in [0.1, 0.15) is 0 Å². The Balaban J connectivity index is 2.31. The first-order valence-electron chi connectivity index (χ1n) is 6.11. The lowest BCUT2D eigenvalue weighted by Gasteiger charge is -2.18. The topological polar surface area (TPSA) is 20.3 Å². The second kappa shape index (κ2) is 5.72. The number of carbonyl (C=O) groups excluding carboxylic acids is 1. The van der Waals surface area contributed by atoms with Gasteiger partial charge in [-0.2, -0.15) is 0 Å². The average molecular weight is 282 g/mol. The van der Waals surface area contributed by atoms with Gasteiger partial charge in [-0.05, 0) is 30.9 Å². The van der Waals surface area contributed by atoms with Crippen molar-refractivity contribution in [2.45, 2.75) is 20.3 Å². The molecule has 18 heavy (non-hydrogen) atoms. The molecule has 0 bridgehead atoms. The summed E-state index contributed by atoms with van der Waals surface area (Å²) in [5.74, 6) is 0.144. The monoisotopic (exact) mass is 281 g/mol. The van der Waals surface area contributed by atoms with Gasteiger partial charge < -0.3 is 4.90 Å². The van der Waals surface area contributed by atoms with E-state index in [4.69, 9.17) is 11.6 Å². The SMILES string of the molecule is CCN(CC)C(=O)Cc1c(Cl)sc2ccccc12. The maximum Gasteiger partial charge on any atom is 0.227 e. The van der Waals surface area contributed by atoms with Crippen LogP contribution in [0.3, 0.4) is 0 Å². The smallest absolute Gasteiger partial charge is 0.227 e. The highest BCUT2D eigenvalue weighted by molar-refractivity contribution is 7.22. The van der Waals surface area contributed by atoms with E-state index < -0.39 is 0 Å². The van der Waals surface area contributed by atoms with E-state index >= 15 is 0 Å². The molecule has 2 aromatic rings. The van der Waals surface area contributed by atoms with Gasteiger partial charge in [-0.15, -0.1) is 11.3 Å². The summed E-state index contributed by atoms with van der Waals surface area (Å²) in [6.07, 6.45) is 0.393. The number of carbonyl (C=O) groups is 1. The molecule has 0 aliphatic heterocycles. The van der Waals surface area contributed by atoms with Crippen LogP contribution in [0.25, 0.3) is 10.1 Å². The van der Waals surface area contributed by atoms with Gasteiger partial charge in [0.25, 0.3) is 0 Å². The zero-order valence-corrected chi connectivity index (χ0v) is 12.1. The van der Waals surface area contributed by atoms with Crippen LogP contribution in [0.15, 0.2) is 24.3 Å². The van der Waals surface area contributed by atoms with Crippen LogP contribution in [0.5, 0.6) is 0 Å². The molecule has 0 aliphatic rings. The highest BCUT2D eigenvalue weighted by atomic mass is 35.5. The molecule has 0 atom stereocenters. The first kappa shape index (κ1) is 13.4. The van der Waals surface area contributed by atoms with E-state index in [9.17, 15) is 4.79 Å². The average Bonchev–Trinajstić information content (AvgIpc) is 2.68. The van der Waals surface area contributed by atoms with Crippen molar-refractivity contribution in [2.24, 2.45) is 0 Å². The number of nitrogens with zero attached hydrogens (tertiary/aromatic N) is 1. The standard InChI is InChI=1S/C14H16ClNOS/c1-3-16(4-2)13(17)9-11-10-7-5-6-8-12(10)18-14(11)15/h5-8H,3-4,9H2,1-2H3. The quantitative estimate of drug-likeness (QED) is 0.830. The minimum atomic E-state index is 0.144. The largest absolute Gasteiger partial charge is 0.343 e. The van der Waals surface area contributed by atoms with E-state index in [1.165, 1.54) is 0 Å². The predicted molar refractivity (Wildman–Crippen MR) is 78.5 cm³/mol. The molecule has 0 saturated carbocycles. The molecule has 4 heteroatoms. The summed E-state index contributed by atoms with van der Waals surface area (Å²) >= 11 is 7.79. The molecule has 2 nitrogen and oxygen atoms in total. The van der Waals surface area contributed by atoms with Crippen LogP contribution >= 0.6 is 22.9 Å². The van der Waals surface area contributed by atoms with Gasteiger partial charge in [-0.25, -0.2) is 0 Å². The lowest BCUT2D eigenvalue weighted by molar-refractivity contribution is -0.130. The van der Waals surface area contributed by atoms with Gasteiger partial charge in [-0.3, -0.25) is 4.79 Å². The van der Waals surface area contributed by atoms with Crippen molar-refractivity contribution < 1.29 is 4.79 Å². The van der Waals surface area contributed by atoms with Gasteiger partial charge in [0.15, 0.2) is 0 Å². The molecule has 1 aromatic carbocycles. The zero-order chi connectivity index (χ0) is 13.1. The molecule has 1 aromatic heterocycles. The minimum absolute atomic E-state index is 0.144. The van der Waals surface area contributed by atoms with Crippen molar-refractivity contribution in [3.05, 3.63) is 34.2 Å². The fraction of sp³-hybridized carbons (Fsp3) is 0.357. The van der Waals surface area contributed by atoms with Crippen molar-refractivity contribution in [1.82, 2.24) is 4.90 Å². The summed E-state index contributed by atoms with van der Waals surface area (Å²) in [4.78, 5) is 14.0. The number of hydrogen-bond acceptors (Lipinski definition) is 2. The third kappa shape index (κ3) is 2.52. The number of hydrogen-bond donors (Lipinski definition) is 0. The molecule has 0 aliphatic carbocycles. The molecule has 1 heterocycles. The Hall–Kier alpha value is -1.06. The molecule has 0 spiro atoms. The molecule has 0 radical (unpaired) electrons. The Bertz CT molecular complexity index is 560. The molecule has 0 N–H and O–H groups in total. The lowest BCUT2D eigenvalue weighted by Crippen LogP contribution is -2.31. The lowest BCUT2D eigenvalue weighted by atomic mass is 10.1. The zero-order valence-electron chi connectivity index (χ0n) is 10.6.